The van der Waals surface area contributed by atoms with Gasteiger partial charge in [-0.2, -0.15) is 0 Å². The summed E-state index contributed by atoms with van der Waals surface area (Å²) in [5.74, 6) is 1.94. The smallest absolute Gasteiger partial charge is 0.227 e. The van der Waals surface area contributed by atoms with Gasteiger partial charge >= 0.3 is 0 Å². The van der Waals surface area contributed by atoms with Crippen LogP contribution in [0.25, 0.3) is 0 Å². The third kappa shape index (κ3) is 4.78. The molecule has 2 aliphatic heterocycles. The Kier molecular flexibility index (Phi) is 6.28. The molecular weight excluding hydrogens is 376 g/mol. The molecule has 0 saturated carbocycles. The lowest BCUT2D eigenvalue weighted by atomic mass is 9.79. The number of carbonyl (C=O) groups excluding carboxylic acids is 1. The van der Waals surface area contributed by atoms with Gasteiger partial charge in [0.1, 0.15) is 11.5 Å². The van der Waals surface area contributed by atoms with Crippen molar-refractivity contribution in [2.24, 2.45) is 5.41 Å². The molecule has 0 N–H and O–H groups in total. The SMILES string of the molecule is COc1cccc(CC(=O)N2CCC3(CCCN(Cc4cccc(OC)c4)C3)C2)c1. The van der Waals surface area contributed by atoms with Crippen LogP contribution in [0.3, 0.4) is 0 Å². The molecule has 1 spiro atoms. The van der Waals surface area contributed by atoms with Gasteiger partial charge in [0.25, 0.3) is 0 Å². The summed E-state index contributed by atoms with van der Waals surface area (Å²) in [4.78, 5) is 17.6. The molecule has 0 aromatic heterocycles. The van der Waals surface area contributed by atoms with Crippen LogP contribution in [-0.4, -0.2) is 56.1 Å². The van der Waals surface area contributed by atoms with Gasteiger partial charge in [-0.3, -0.25) is 9.69 Å². The van der Waals surface area contributed by atoms with Crippen LogP contribution in [0.1, 0.15) is 30.4 Å². The van der Waals surface area contributed by atoms with Gasteiger partial charge in [0.05, 0.1) is 20.6 Å². The van der Waals surface area contributed by atoms with Crippen LogP contribution in [-0.2, 0) is 17.8 Å². The maximum atomic E-state index is 12.9. The van der Waals surface area contributed by atoms with Crippen LogP contribution in [0, 0.1) is 5.41 Å². The molecule has 1 unspecified atom stereocenters. The first-order valence-electron chi connectivity index (χ1n) is 10.9. The third-order valence-electron chi connectivity index (χ3n) is 6.56. The van der Waals surface area contributed by atoms with Gasteiger partial charge in [0.2, 0.25) is 5.91 Å². The molecule has 2 aliphatic rings. The van der Waals surface area contributed by atoms with Gasteiger partial charge in [-0.15, -0.1) is 0 Å². The molecule has 2 fully saturated rings. The standard InChI is InChI=1S/C25H32N2O3/c1-29-22-8-3-6-20(14-22)16-24(28)27-13-11-25(19-27)10-5-12-26(18-25)17-21-7-4-9-23(15-21)30-2/h3-4,6-9,14-15H,5,10-13,16-19H2,1-2H3. The summed E-state index contributed by atoms with van der Waals surface area (Å²) in [6, 6.07) is 16.2. The van der Waals surface area contributed by atoms with E-state index in [0.717, 1.165) is 56.2 Å². The lowest BCUT2D eigenvalue weighted by Gasteiger charge is -2.40. The Bertz CT molecular complexity index is 884. The van der Waals surface area contributed by atoms with E-state index in [-0.39, 0.29) is 11.3 Å². The van der Waals surface area contributed by atoms with Crippen LogP contribution >= 0.6 is 0 Å². The molecule has 0 aliphatic carbocycles. The van der Waals surface area contributed by atoms with Crippen LogP contribution in [0.5, 0.6) is 11.5 Å². The van der Waals surface area contributed by atoms with E-state index in [2.05, 4.69) is 28.0 Å². The van der Waals surface area contributed by atoms with Gasteiger partial charge in [-0.1, -0.05) is 24.3 Å². The van der Waals surface area contributed by atoms with Gasteiger partial charge in [0.15, 0.2) is 0 Å². The minimum Gasteiger partial charge on any atom is -0.497 e. The first-order valence-corrected chi connectivity index (χ1v) is 10.9. The van der Waals surface area contributed by atoms with E-state index < -0.39 is 0 Å². The molecule has 2 aromatic carbocycles. The van der Waals surface area contributed by atoms with E-state index in [4.69, 9.17) is 9.47 Å². The number of rotatable bonds is 6. The topological polar surface area (TPSA) is 42.0 Å². The molecule has 2 heterocycles. The van der Waals surface area contributed by atoms with Crippen molar-refractivity contribution in [1.82, 2.24) is 9.80 Å². The Hall–Kier alpha value is -2.53. The van der Waals surface area contributed by atoms with Crippen LogP contribution in [0.15, 0.2) is 48.5 Å². The molecule has 5 heteroatoms. The first-order chi connectivity index (χ1) is 14.6. The van der Waals surface area contributed by atoms with E-state index in [1.807, 2.05) is 30.3 Å². The predicted molar refractivity (Wildman–Crippen MR) is 118 cm³/mol. The minimum absolute atomic E-state index is 0.227. The normalized spacial score (nSPS) is 21.7. The van der Waals surface area contributed by atoms with Crippen LogP contribution < -0.4 is 9.47 Å². The largest absolute Gasteiger partial charge is 0.497 e. The Balaban J connectivity index is 1.36. The Morgan fingerprint density at radius 3 is 2.37 bits per heavy atom. The van der Waals surface area contributed by atoms with Crippen molar-refractivity contribution in [3.63, 3.8) is 0 Å². The highest BCUT2D eigenvalue weighted by Crippen LogP contribution is 2.39. The number of hydrogen-bond donors (Lipinski definition) is 0. The van der Waals surface area contributed by atoms with Crippen molar-refractivity contribution in [2.75, 3.05) is 40.4 Å². The minimum atomic E-state index is 0.227. The maximum Gasteiger partial charge on any atom is 0.227 e. The van der Waals surface area contributed by atoms with Crippen molar-refractivity contribution >= 4 is 5.91 Å². The van der Waals surface area contributed by atoms with Crippen molar-refractivity contribution in [1.29, 1.82) is 0 Å². The number of likely N-dealkylation sites (tertiary alicyclic amines) is 2. The summed E-state index contributed by atoms with van der Waals surface area (Å²) in [6.07, 6.45) is 3.96. The van der Waals surface area contributed by atoms with E-state index in [1.54, 1.807) is 14.2 Å². The summed E-state index contributed by atoms with van der Waals surface area (Å²) < 4.78 is 10.7. The molecular formula is C25H32N2O3. The molecule has 1 amide bonds. The summed E-state index contributed by atoms with van der Waals surface area (Å²) in [6.45, 7) is 4.88. The predicted octanol–water partition coefficient (Wildman–Crippen LogP) is 3.76. The summed E-state index contributed by atoms with van der Waals surface area (Å²) in [5.41, 5.74) is 2.54. The Labute approximate surface area is 179 Å². The summed E-state index contributed by atoms with van der Waals surface area (Å²) in [7, 11) is 3.37. The fraction of sp³-hybridized carbons (Fsp3) is 0.480. The second-order valence-corrected chi connectivity index (χ2v) is 8.76. The van der Waals surface area contributed by atoms with Crippen molar-refractivity contribution in [2.45, 2.75) is 32.2 Å². The monoisotopic (exact) mass is 408 g/mol. The van der Waals surface area contributed by atoms with Crippen LogP contribution in [0.4, 0.5) is 0 Å². The van der Waals surface area contributed by atoms with E-state index in [1.165, 1.54) is 18.4 Å². The van der Waals surface area contributed by atoms with E-state index >= 15 is 0 Å². The lowest BCUT2D eigenvalue weighted by molar-refractivity contribution is -0.130. The zero-order chi connectivity index (χ0) is 21.0. The zero-order valence-electron chi connectivity index (χ0n) is 18.1. The van der Waals surface area contributed by atoms with Crippen molar-refractivity contribution in [3.05, 3.63) is 59.7 Å². The van der Waals surface area contributed by atoms with Gasteiger partial charge < -0.3 is 14.4 Å². The van der Waals surface area contributed by atoms with Gasteiger partial charge in [-0.25, -0.2) is 0 Å². The second kappa shape index (κ2) is 9.09. The number of benzene rings is 2. The molecule has 1 atom stereocenters. The fourth-order valence-corrected chi connectivity index (χ4v) is 5.02. The molecule has 0 bridgehead atoms. The highest BCUT2D eigenvalue weighted by molar-refractivity contribution is 5.79. The zero-order valence-corrected chi connectivity index (χ0v) is 18.1. The van der Waals surface area contributed by atoms with E-state index in [0.29, 0.717) is 6.42 Å². The third-order valence-corrected chi connectivity index (χ3v) is 6.56. The number of amides is 1. The molecule has 2 aromatic rings. The molecule has 4 rings (SSSR count). The Morgan fingerprint density at radius 2 is 1.63 bits per heavy atom. The second-order valence-electron chi connectivity index (χ2n) is 8.76. The average Bonchev–Trinajstić information content (AvgIpc) is 3.17. The van der Waals surface area contributed by atoms with Gasteiger partial charge in [-0.05, 0) is 61.2 Å². The molecule has 0 radical (unpaired) electrons. The van der Waals surface area contributed by atoms with Gasteiger partial charge in [0, 0.05) is 31.6 Å². The quantitative estimate of drug-likeness (QED) is 0.730. The highest BCUT2D eigenvalue weighted by Gasteiger charge is 2.42. The number of hydrogen-bond acceptors (Lipinski definition) is 4. The average molecular weight is 409 g/mol. The number of methoxy groups -OCH3 is 2. The van der Waals surface area contributed by atoms with Crippen LogP contribution in [0.2, 0.25) is 0 Å². The van der Waals surface area contributed by atoms with Crippen molar-refractivity contribution in [3.8, 4) is 11.5 Å². The highest BCUT2D eigenvalue weighted by atomic mass is 16.5. The Morgan fingerprint density at radius 1 is 0.933 bits per heavy atom. The van der Waals surface area contributed by atoms with Crippen molar-refractivity contribution < 1.29 is 14.3 Å². The molecule has 160 valence electrons. The lowest BCUT2D eigenvalue weighted by Crippen LogP contribution is -2.45. The number of nitrogens with zero attached hydrogens (tertiary/aromatic N) is 2. The molecule has 2 saturated heterocycles. The van der Waals surface area contributed by atoms with E-state index in [9.17, 15) is 4.79 Å². The molecule has 30 heavy (non-hydrogen) atoms. The summed E-state index contributed by atoms with van der Waals surface area (Å²) >= 11 is 0. The number of carbonyl (C=O) groups is 1. The summed E-state index contributed by atoms with van der Waals surface area (Å²) in [5, 5.41) is 0. The fourth-order valence-electron chi connectivity index (χ4n) is 5.02. The number of ether oxygens (including phenoxy) is 2. The molecule has 5 nitrogen and oxygen atoms in total. The maximum absolute atomic E-state index is 12.9. The first kappa shape index (κ1) is 20.7. The number of piperidine rings is 1.